The summed E-state index contributed by atoms with van der Waals surface area (Å²) in [5, 5.41) is 1.80. The lowest BCUT2D eigenvalue weighted by Crippen LogP contribution is -2.43. The molecule has 0 aliphatic heterocycles. The second-order valence-corrected chi connectivity index (χ2v) is 4.71. The Bertz CT molecular complexity index is 358. The van der Waals surface area contributed by atoms with Gasteiger partial charge in [-0.1, -0.05) is 37.5 Å². The summed E-state index contributed by atoms with van der Waals surface area (Å²) in [4.78, 5) is 12.0. The van der Waals surface area contributed by atoms with Crippen molar-refractivity contribution < 1.29 is 4.79 Å². The third-order valence-corrected chi connectivity index (χ3v) is 3.40. The van der Waals surface area contributed by atoms with Gasteiger partial charge in [-0.3, -0.25) is 15.2 Å². The van der Waals surface area contributed by atoms with Crippen LogP contribution in [0.3, 0.4) is 0 Å². The van der Waals surface area contributed by atoms with E-state index in [-0.39, 0.29) is 11.8 Å². The van der Waals surface area contributed by atoms with E-state index in [0.29, 0.717) is 0 Å². The predicted molar refractivity (Wildman–Crippen MR) is 69.6 cm³/mol. The zero-order valence-corrected chi connectivity index (χ0v) is 10.4. The fourth-order valence-corrected chi connectivity index (χ4v) is 2.34. The summed E-state index contributed by atoms with van der Waals surface area (Å²) in [5.41, 5.74) is 3.97. The highest BCUT2D eigenvalue weighted by Gasteiger charge is 2.21. The summed E-state index contributed by atoms with van der Waals surface area (Å²) in [7, 11) is 1.88. The largest absolute Gasteiger partial charge is 0.289 e. The molecule has 0 bridgehead atoms. The van der Waals surface area contributed by atoms with Crippen LogP contribution in [0.15, 0.2) is 30.3 Å². The summed E-state index contributed by atoms with van der Waals surface area (Å²) >= 11 is 0. The number of hydrogen-bond acceptors (Lipinski definition) is 2. The van der Waals surface area contributed by atoms with Crippen molar-refractivity contribution >= 4 is 11.6 Å². The van der Waals surface area contributed by atoms with Gasteiger partial charge in [0.25, 0.3) is 0 Å². The molecule has 1 aliphatic carbocycles. The van der Waals surface area contributed by atoms with Gasteiger partial charge in [0.05, 0.1) is 5.69 Å². The van der Waals surface area contributed by atoms with E-state index in [2.05, 4.69) is 5.43 Å². The lowest BCUT2D eigenvalue weighted by molar-refractivity contribution is -0.126. The molecule has 3 nitrogen and oxygen atoms in total. The smallest absolute Gasteiger partial charge is 0.241 e. The molecule has 2 rings (SSSR count). The summed E-state index contributed by atoms with van der Waals surface area (Å²) in [6.07, 6.45) is 5.72. The molecule has 1 N–H and O–H groups in total. The maximum absolute atomic E-state index is 12.0. The van der Waals surface area contributed by atoms with Crippen LogP contribution < -0.4 is 10.4 Å². The van der Waals surface area contributed by atoms with Gasteiger partial charge in [0.15, 0.2) is 0 Å². The van der Waals surface area contributed by atoms with Crippen molar-refractivity contribution in [2.24, 2.45) is 5.92 Å². The molecule has 1 aromatic rings. The van der Waals surface area contributed by atoms with Crippen molar-refractivity contribution in [3.05, 3.63) is 30.3 Å². The number of carbonyl (C=O) groups is 1. The third kappa shape index (κ3) is 3.22. The fourth-order valence-electron chi connectivity index (χ4n) is 2.34. The second kappa shape index (κ2) is 5.71. The van der Waals surface area contributed by atoms with Gasteiger partial charge in [-0.25, -0.2) is 0 Å². The maximum Gasteiger partial charge on any atom is 0.241 e. The number of para-hydroxylation sites is 1. The standard InChI is InChI=1S/C14H20N2O/c1-16(13-10-6-3-7-11-13)15-14(17)12-8-4-2-5-9-12/h3,6-7,10-12H,2,4-5,8-9H2,1H3,(H,15,17). The quantitative estimate of drug-likeness (QED) is 0.813. The first-order valence-electron chi connectivity index (χ1n) is 6.36. The minimum atomic E-state index is 0.163. The van der Waals surface area contributed by atoms with E-state index in [0.717, 1.165) is 18.5 Å². The molecule has 0 spiro atoms. The molecule has 1 saturated carbocycles. The number of carbonyl (C=O) groups excluding carboxylic acids is 1. The highest BCUT2D eigenvalue weighted by Crippen LogP contribution is 2.23. The van der Waals surface area contributed by atoms with Gasteiger partial charge in [0.1, 0.15) is 0 Å². The normalized spacial score (nSPS) is 16.5. The van der Waals surface area contributed by atoms with Crippen molar-refractivity contribution in [3.8, 4) is 0 Å². The molecule has 17 heavy (non-hydrogen) atoms. The Morgan fingerprint density at radius 3 is 2.47 bits per heavy atom. The van der Waals surface area contributed by atoms with E-state index < -0.39 is 0 Å². The minimum Gasteiger partial charge on any atom is -0.289 e. The predicted octanol–water partition coefficient (Wildman–Crippen LogP) is 2.73. The summed E-state index contributed by atoms with van der Waals surface area (Å²) in [5.74, 6) is 0.367. The van der Waals surface area contributed by atoms with Crippen LogP contribution in [0.1, 0.15) is 32.1 Å². The van der Waals surface area contributed by atoms with Gasteiger partial charge in [-0.2, -0.15) is 0 Å². The molecule has 0 saturated heterocycles. The Hall–Kier alpha value is -1.51. The molecule has 1 amide bonds. The first kappa shape index (κ1) is 12.0. The molecule has 0 heterocycles. The van der Waals surface area contributed by atoms with Crippen LogP contribution >= 0.6 is 0 Å². The molecular weight excluding hydrogens is 212 g/mol. The maximum atomic E-state index is 12.0. The van der Waals surface area contributed by atoms with Crippen LogP contribution in [0.4, 0.5) is 5.69 Å². The monoisotopic (exact) mass is 232 g/mol. The highest BCUT2D eigenvalue weighted by molar-refractivity contribution is 5.80. The van der Waals surface area contributed by atoms with E-state index in [1.807, 2.05) is 37.4 Å². The molecule has 3 heteroatoms. The molecule has 0 aromatic heterocycles. The molecule has 0 unspecified atom stereocenters. The molecule has 1 aliphatic rings. The van der Waals surface area contributed by atoms with Crippen molar-refractivity contribution in [2.45, 2.75) is 32.1 Å². The number of amides is 1. The van der Waals surface area contributed by atoms with Crippen LogP contribution in [0.2, 0.25) is 0 Å². The molecule has 1 aromatic carbocycles. The zero-order chi connectivity index (χ0) is 12.1. The van der Waals surface area contributed by atoms with Crippen molar-refractivity contribution in [1.82, 2.24) is 5.43 Å². The van der Waals surface area contributed by atoms with Crippen LogP contribution in [-0.4, -0.2) is 13.0 Å². The number of nitrogens with zero attached hydrogens (tertiary/aromatic N) is 1. The Kier molecular flexibility index (Phi) is 4.02. The first-order valence-corrected chi connectivity index (χ1v) is 6.36. The number of hydrazine groups is 1. The SMILES string of the molecule is CN(NC(=O)C1CCCCC1)c1ccccc1. The summed E-state index contributed by atoms with van der Waals surface area (Å²) in [6.45, 7) is 0. The second-order valence-electron chi connectivity index (χ2n) is 4.71. The van der Waals surface area contributed by atoms with E-state index in [1.165, 1.54) is 19.3 Å². The van der Waals surface area contributed by atoms with Gasteiger partial charge in [0, 0.05) is 13.0 Å². The average Bonchev–Trinajstić information content (AvgIpc) is 2.40. The molecule has 0 radical (unpaired) electrons. The van der Waals surface area contributed by atoms with Gasteiger partial charge in [-0.15, -0.1) is 0 Å². The number of hydrogen-bond donors (Lipinski definition) is 1. The van der Waals surface area contributed by atoms with E-state index in [9.17, 15) is 4.79 Å². The topological polar surface area (TPSA) is 32.3 Å². The molecule has 0 atom stereocenters. The van der Waals surface area contributed by atoms with E-state index in [4.69, 9.17) is 0 Å². The fraction of sp³-hybridized carbons (Fsp3) is 0.500. The van der Waals surface area contributed by atoms with Crippen molar-refractivity contribution in [3.63, 3.8) is 0 Å². The molecule has 1 fully saturated rings. The Labute approximate surface area is 103 Å². The Balaban J connectivity index is 1.89. The first-order chi connectivity index (χ1) is 8.27. The number of nitrogens with one attached hydrogen (secondary N) is 1. The molecule has 92 valence electrons. The summed E-state index contributed by atoms with van der Waals surface area (Å²) in [6, 6.07) is 9.89. The van der Waals surface area contributed by atoms with Crippen LogP contribution in [0.25, 0.3) is 0 Å². The zero-order valence-electron chi connectivity index (χ0n) is 10.4. The van der Waals surface area contributed by atoms with E-state index >= 15 is 0 Å². The Morgan fingerprint density at radius 1 is 1.18 bits per heavy atom. The minimum absolute atomic E-state index is 0.163. The van der Waals surface area contributed by atoms with Gasteiger partial charge >= 0.3 is 0 Å². The van der Waals surface area contributed by atoms with Gasteiger partial charge in [0.2, 0.25) is 5.91 Å². The molecular formula is C14H20N2O. The highest BCUT2D eigenvalue weighted by atomic mass is 16.2. The van der Waals surface area contributed by atoms with Gasteiger partial charge < -0.3 is 0 Å². The van der Waals surface area contributed by atoms with Crippen LogP contribution in [-0.2, 0) is 4.79 Å². The third-order valence-electron chi connectivity index (χ3n) is 3.40. The number of anilines is 1. The van der Waals surface area contributed by atoms with Crippen LogP contribution in [0, 0.1) is 5.92 Å². The average molecular weight is 232 g/mol. The van der Waals surface area contributed by atoms with Crippen LogP contribution in [0.5, 0.6) is 0 Å². The van der Waals surface area contributed by atoms with E-state index in [1.54, 1.807) is 5.01 Å². The Morgan fingerprint density at radius 2 is 1.82 bits per heavy atom. The van der Waals surface area contributed by atoms with Crippen molar-refractivity contribution in [2.75, 3.05) is 12.1 Å². The van der Waals surface area contributed by atoms with Crippen molar-refractivity contribution in [1.29, 1.82) is 0 Å². The number of rotatable bonds is 3. The number of benzene rings is 1. The lowest BCUT2D eigenvalue weighted by Gasteiger charge is -2.26. The van der Waals surface area contributed by atoms with Gasteiger partial charge in [-0.05, 0) is 25.0 Å². The summed E-state index contributed by atoms with van der Waals surface area (Å²) < 4.78 is 0. The lowest BCUT2D eigenvalue weighted by atomic mass is 9.89.